The monoisotopic (exact) mass is 423 g/mol. The largest absolute Gasteiger partial charge is 0.548 e. The van der Waals surface area contributed by atoms with E-state index in [4.69, 9.17) is 17.0 Å². The number of carbonyl (C=O) groups excluding carboxylic acids is 2. The number of nitrogens with zero attached hydrogens (tertiary/aromatic N) is 2. The van der Waals surface area contributed by atoms with Crippen LogP contribution >= 0.6 is 12.2 Å². The standard InChI is InChI=1S/C21H20N4O4S/c1-12(26)16-8-9-25(19(16)20(27)28)14-3-5-15(6-4-14)29-11-22-13-2-7-17-18(10-13)24-21(30)23-17/h2-7,10-11,16,19H,8-9H2,1H3,(H,27,28)(H2,23,24,30)/p-1. The number of hydrogen-bond acceptors (Lipinski definition) is 7. The normalized spacial score (nSPS) is 18.9. The minimum Gasteiger partial charge on any atom is -0.548 e. The number of anilines is 1. The van der Waals surface area contributed by atoms with Gasteiger partial charge in [-0.05, 0) is 68.0 Å². The zero-order valence-electron chi connectivity index (χ0n) is 16.1. The van der Waals surface area contributed by atoms with E-state index in [9.17, 15) is 14.7 Å². The average molecular weight is 423 g/mol. The third-order valence-electron chi connectivity index (χ3n) is 5.22. The molecule has 0 spiro atoms. The second kappa shape index (κ2) is 8.11. The molecule has 2 aromatic carbocycles. The van der Waals surface area contributed by atoms with Gasteiger partial charge in [-0.1, -0.05) is 0 Å². The molecule has 4 rings (SSSR count). The lowest BCUT2D eigenvalue weighted by molar-refractivity contribution is -0.308. The van der Waals surface area contributed by atoms with Gasteiger partial charge in [0.05, 0.1) is 28.7 Å². The summed E-state index contributed by atoms with van der Waals surface area (Å²) in [6.45, 7) is 1.90. The van der Waals surface area contributed by atoms with Gasteiger partial charge in [-0.25, -0.2) is 4.99 Å². The molecule has 1 aliphatic rings. The van der Waals surface area contributed by atoms with Crippen LogP contribution in [0.1, 0.15) is 13.3 Å². The molecule has 0 aliphatic carbocycles. The van der Waals surface area contributed by atoms with Gasteiger partial charge in [-0.2, -0.15) is 0 Å². The molecule has 8 nitrogen and oxygen atoms in total. The number of hydrogen-bond donors (Lipinski definition) is 2. The first-order valence-corrected chi connectivity index (χ1v) is 9.82. The van der Waals surface area contributed by atoms with E-state index in [0.29, 0.717) is 34.9 Å². The lowest BCUT2D eigenvalue weighted by Crippen LogP contribution is -2.49. The number of carboxylic acids is 1. The van der Waals surface area contributed by atoms with E-state index in [1.165, 1.54) is 13.3 Å². The highest BCUT2D eigenvalue weighted by molar-refractivity contribution is 7.71. The number of Topliss-reactive ketones (excluding diaryl/α,β-unsaturated/α-hetero) is 1. The number of aromatic nitrogens is 2. The summed E-state index contributed by atoms with van der Waals surface area (Å²) >= 11 is 5.07. The van der Waals surface area contributed by atoms with Crippen LogP contribution in [-0.4, -0.2) is 40.7 Å². The minimum atomic E-state index is -1.24. The Kier molecular flexibility index (Phi) is 5.37. The molecule has 2 atom stereocenters. The van der Waals surface area contributed by atoms with Crippen LogP contribution in [0.4, 0.5) is 11.4 Å². The molecule has 0 amide bonds. The van der Waals surface area contributed by atoms with Crippen LogP contribution in [0, 0.1) is 10.7 Å². The van der Waals surface area contributed by atoms with Gasteiger partial charge in [0, 0.05) is 18.2 Å². The molecular formula is C21H19N4O4S-. The summed E-state index contributed by atoms with van der Waals surface area (Å²) in [5, 5.41) is 11.6. The Labute approximate surface area is 177 Å². The van der Waals surface area contributed by atoms with Gasteiger partial charge < -0.3 is 29.5 Å². The van der Waals surface area contributed by atoms with Gasteiger partial charge in [0.25, 0.3) is 0 Å². The first-order valence-electron chi connectivity index (χ1n) is 9.41. The number of aromatic amines is 2. The second-order valence-corrected chi connectivity index (χ2v) is 7.53. The van der Waals surface area contributed by atoms with Crippen LogP contribution in [0.5, 0.6) is 5.75 Å². The Balaban J connectivity index is 1.44. The van der Waals surface area contributed by atoms with Gasteiger partial charge in [-0.15, -0.1) is 0 Å². The van der Waals surface area contributed by atoms with Gasteiger partial charge in [-0.3, -0.25) is 4.79 Å². The van der Waals surface area contributed by atoms with Gasteiger partial charge in [0.2, 0.25) is 0 Å². The van der Waals surface area contributed by atoms with Crippen LogP contribution in [0.3, 0.4) is 0 Å². The molecule has 154 valence electrons. The second-order valence-electron chi connectivity index (χ2n) is 7.12. The van der Waals surface area contributed by atoms with E-state index in [1.54, 1.807) is 29.2 Å². The van der Waals surface area contributed by atoms with Crippen LogP contribution in [-0.2, 0) is 9.59 Å². The number of benzene rings is 2. The molecule has 2 N–H and O–H groups in total. The lowest BCUT2D eigenvalue weighted by atomic mass is 9.96. The summed E-state index contributed by atoms with van der Waals surface area (Å²) in [5.41, 5.74) is 3.16. The molecule has 1 aliphatic heterocycles. The zero-order valence-corrected chi connectivity index (χ0v) is 16.9. The number of aliphatic carboxylic acids is 1. The number of rotatable bonds is 6. The molecule has 0 radical (unpaired) electrons. The van der Waals surface area contributed by atoms with Crippen molar-refractivity contribution in [3.8, 4) is 5.75 Å². The van der Waals surface area contributed by atoms with Crippen LogP contribution in [0.2, 0.25) is 0 Å². The molecule has 30 heavy (non-hydrogen) atoms. The van der Waals surface area contributed by atoms with Crippen molar-refractivity contribution in [2.75, 3.05) is 11.4 Å². The maximum atomic E-state index is 11.7. The number of ketones is 1. The summed E-state index contributed by atoms with van der Waals surface area (Å²) in [6, 6.07) is 11.6. The summed E-state index contributed by atoms with van der Waals surface area (Å²) in [7, 11) is 0. The van der Waals surface area contributed by atoms with E-state index in [1.807, 2.05) is 18.2 Å². The number of aliphatic imine (C=N–C) groups is 1. The Bertz CT molecular complexity index is 1180. The molecule has 9 heteroatoms. The van der Waals surface area contributed by atoms with E-state index < -0.39 is 17.9 Å². The smallest absolute Gasteiger partial charge is 0.181 e. The maximum Gasteiger partial charge on any atom is 0.181 e. The zero-order chi connectivity index (χ0) is 21.3. The van der Waals surface area contributed by atoms with Gasteiger partial charge in [0.15, 0.2) is 11.2 Å². The minimum absolute atomic E-state index is 0.137. The van der Waals surface area contributed by atoms with Crippen molar-refractivity contribution < 1.29 is 19.4 Å². The van der Waals surface area contributed by atoms with Crippen LogP contribution in [0.25, 0.3) is 11.0 Å². The van der Waals surface area contributed by atoms with Crippen molar-refractivity contribution in [1.82, 2.24) is 9.97 Å². The molecule has 1 aromatic heterocycles. The predicted octanol–water partition coefficient (Wildman–Crippen LogP) is 2.50. The fourth-order valence-corrected chi connectivity index (χ4v) is 3.98. The van der Waals surface area contributed by atoms with Crippen molar-refractivity contribution in [1.29, 1.82) is 0 Å². The van der Waals surface area contributed by atoms with E-state index in [-0.39, 0.29) is 5.78 Å². The van der Waals surface area contributed by atoms with Crippen molar-refractivity contribution in [3.05, 3.63) is 47.2 Å². The number of nitrogens with one attached hydrogen (secondary N) is 2. The summed E-state index contributed by atoms with van der Waals surface area (Å²) in [5.74, 6) is -1.37. The number of ether oxygens (including phenoxy) is 1. The lowest BCUT2D eigenvalue weighted by Gasteiger charge is -2.30. The molecule has 0 bridgehead atoms. The van der Waals surface area contributed by atoms with E-state index in [2.05, 4.69) is 15.0 Å². The van der Waals surface area contributed by atoms with Crippen molar-refractivity contribution >= 4 is 52.8 Å². The maximum absolute atomic E-state index is 11.7. The Morgan fingerprint density at radius 1 is 1.20 bits per heavy atom. The van der Waals surface area contributed by atoms with Gasteiger partial charge >= 0.3 is 0 Å². The number of H-pyrrole nitrogens is 2. The van der Waals surface area contributed by atoms with Crippen LogP contribution in [0.15, 0.2) is 47.5 Å². The molecule has 2 unspecified atom stereocenters. The topological polar surface area (TPSA) is 114 Å². The number of carboxylic acid groups (broad SMARTS) is 1. The molecule has 2 heterocycles. The van der Waals surface area contributed by atoms with Gasteiger partial charge in [0.1, 0.15) is 11.5 Å². The summed E-state index contributed by atoms with van der Waals surface area (Å²) in [6.07, 6.45) is 1.83. The first-order chi connectivity index (χ1) is 14.4. The summed E-state index contributed by atoms with van der Waals surface area (Å²) in [4.78, 5) is 35.3. The van der Waals surface area contributed by atoms with Crippen molar-refractivity contribution in [2.24, 2.45) is 10.9 Å². The Morgan fingerprint density at radius 2 is 1.93 bits per heavy atom. The number of fused-ring (bicyclic) bond motifs is 1. The molecule has 1 saturated heterocycles. The molecule has 0 saturated carbocycles. The fraction of sp³-hybridized carbons (Fsp3) is 0.238. The fourth-order valence-electron chi connectivity index (χ4n) is 3.76. The van der Waals surface area contributed by atoms with Crippen LogP contribution < -0.4 is 14.7 Å². The highest BCUT2D eigenvalue weighted by Crippen LogP contribution is 2.31. The summed E-state index contributed by atoms with van der Waals surface area (Å²) < 4.78 is 6.10. The highest BCUT2D eigenvalue weighted by Gasteiger charge is 2.37. The van der Waals surface area contributed by atoms with Crippen molar-refractivity contribution in [2.45, 2.75) is 19.4 Å². The molecule has 3 aromatic rings. The molecule has 1 fully saturated rings. The highest BCUT2D eigenvalue weighted by atomic mass is 32.1. The third kappa shape index (κ3) is 3.97. The molecular weight excluding hydrogens is 404 g/mol. The number of carbonyl (C=O) groups is 2. The van der Waals surface area contributed by atoms with Crippen molar-refractivity contribution in [3.63, 3.8) is 0 Å². The third-order valence-corrected chi connectivity index (χ3v) is 5.42. The predicted molar refractivity (Wildman–Crippen MR) is 114 cm³/mol. The van der Waals surface area contributed by atoms with E-state index in [0.717, 1.165) is 11.0 Å². The number of imidazole rings is 1. The average Bonchev–Trinajstić information content (AvgIpc) is 3.31. The first kappa shape index (κ1) is 19.8. The Morgan fingerprint density at radius 3 is 2.63 bits per heavy atom. The quantitative estimate of drug-likeness (QED) is 0.358. The van der Waals surface area contributed by atoms with E-state index >= 15 is 0 Å². The Hall–Kier alpha value is -3.46. The SMILES string of the molecule is CC(=O)C1CCN(c2ccc(OC=Nc3ccc4[nH]c(=S)[nH]c4c3)cc2)C1C(=O)[O-].